The van der Waals surface area contributed by atoms with E-state index in [0.29, 0.717) is 17.1 Å². The fourth-order valence-corrected chi connectivity index (χ4v) is 5.56. The van der Waals surface area contributed by atoms with E-state index in [1.807, 2.05) is 24.8 Å². The van der Waals surface area contributed by atoms with E-state index in [4.69, 9.17) is 11.6 Å². The molecule has 0 bridgehead atoms. The second kappa shape index (κ2) is 13.5. The van der Waals surface area contributed by atoms with Gasteiger partial charge in [-0.2, -0.15) is 0 Å². The highest BCUT2D eigenvalue weighted by molar-refractivity contribution is 9.10. The van der Waals surface area contributed by atoms with Crippen LogP contribution in [0.25, 0.3) is 0 Å². The van der Waals surface area contributed by atoms with E-state index >= 15 is 0 Å². The van der Waals surface area contributed by atoms with E-state index < -0.39 is 0 Å². The smallest absolute Gasteiger partial charge is 0.254 e. The molecule has 7 heteroatoms. The van der Waals surface area contributed by atoms with Crippen LogP contribution in [0.1, 0.15) is 74.0 Å². The number of aromatic nitrogens is 1. The van der Waals surface area contributed by atoms with Crippen LogP contribution in [0, 0.1) is 0 Å². The number of hydrogen-bond donors (Lipinski definition) is 0. The molecule has 3 aromatic rings. The Kier molecular flexibility index (Phi) is 10.1. The molecule has 1 heterocycles. The number of nitrogens with zero attached hydrogens (tertiary/aromatic N) is 3. The number of carbonyl (C=O) groups excluding carboxylic acids is 2. The lowest BCUT2D eigenvalue weighted by Gasteiger charge is -2.37. The number of amides is 2. The summed E-state index contributed by atoms with van der Waals surface area (Å²) in [5.74, 6) is -0.123. The van der Waals surface area contributed by atoms with Crippen LogP contribution in [-0.4, -0.2) is 44.8 Å². The number of rotatable bonds is 10. The summed E-state index contributed by atoms with van der Waals surface area (Å²) in [6.45, 7) is 5.41. The lowest BCUT2D eigenvalue weighted by atomic mass is 9.94. The second-order valence-electron chi connectivity index (χ2n) is 10.3. The number of benzene rings is 2. The Hall–Kier alpha value is -2.57. The molecule has 1 fully saturated rings. The van der Waals surface area contributed by atoms with Crippen molar-refractivity contribution in [2.24, 2.45) is 0 Å². The second-order valence-corrected chi connectivity index (χ2v) is 11.6. The summed E-state index contributed by atoms with van der Waals surface area (Å²) in [5.41, 5.74) is 2.86. The maximum absolute atomic E-state index is 14.0. The predicted molar refractivity (Wildman–Crippen MR) is 157 cm³/mol. The van der Waals surface area contributed by atoms with E-state index in [9.17, 15) is 9.59 Å². The van der Waals surface area contributed by atoms with Crippen LogP contribution in [-0.2, 0) is 17.9 Å². The highest BCUT2D eigenvalue weighted by Gasteiger charge is 2.30. The van der Waals surface area contributed by atoms with E-state index in [-0.39, 0.29) is 30.4 Å². The molecule has 0 radical (unpaired) electrons. The molecule has 1 saturated carbocycles. The minimum atomic E-state index is -0.133. The van der Waals surface area contributed by atoms with Gasteiger partial charge in [-0.1, -0.05) is 65.8 Å². The van der Waals surface area contributed by atoms with Gasteiger partial charge in [-0.3, -0.25) is 9.59 Å². The number of halogens is 2. The molecule has 1 unspecified atom stereocenters. The zero-order valence-electron chi connectivity index (χ0n) is 22.3. The van der Waals surface area contributed by atoms with Gasteiger partial charge in [-0.15, -0.1) is 0 Å². The highest BCUT2D eigenvalue weighted by atomic mass is 79.9. The highest BCUT2D eigenvalue weighted by Crippen LogP contribution is 2.26. The summed E-state index contributed by atoms with van der Waals surface area (Å²) in [6.07, 6.45) is 8.34. The summed E-state index contributed by atoms with van der Waals surface area (Å²) in [4.78, 5) is 31.2. The third-order valence-electron chi connectivity index (χ3n) is 7.64. The summed E-state index contributed by atoms with van der Waals surface area (Å²) in [5, 5.41) is 0.585. The zero-order chi connectivity index (χ0) is 27.1. The predicted octanol–water partition coefficient (Wildman–Crippen LogP) is 7.55. The topological polar surface area (TPSA) is 45.6 Å². The minimum Gasteiger partial charge on any atom is -0.345 e. The van der Waals surface area contributed by atoms with Crippen molar-refractivity contribution >= 4 is 39.3 Å². The van der Waals surface area contributed by atoms with E-state index in [1.165, 1.54) is 12.0 Å². The third-order valence-corrected chi connectivity index (χ3v) is 8.42. The van der Waals surface area contributed by atoms with Crippen molar-refractivity contribution in [3.8, 4) is 0 Å². The van der Waals surface area contributed by atoms with Crippen molar-refractivity contribution in [1.82, 2.24) is 14.4 Å². The van der Waals surface area contributed by atoms with Gasteiger partial charge in [0.25, 0.3) is 5.91 Å². The molecule has 38 heavy (non-hydrogen) atoms. The molecule has 0 N–H and O–H groups in total. The fraction of sp³-hybridized carbons (Fsp3) is 0.419. The van der Waals surface area contributed by atoms with E-state index in [0.717, 1.165) is 48.8 Å². The quantitative estimate of drug-likeness (QED) is 0.242. The van der Waals surface area contributed by atoms with E-state index in [2.05, 4.69) is 57.0 Å². The summed E-state index contributed by atoms with van der Waals surface area (Å²) in [6, 6.07) is 19.5. The van der Waals surface area contributed by atoms with Crippen LogP contribution in [0.5, 0.6) is 0 Å². The zero-order valence-corrected chi connectivity index (χ0v) is 24.6. The summed E-state index contributed by atoms with van der Waals surface area (Å²) < 4.78 is 3.28. The van der Waals surface area contributed by atoms with Crippen molar-refractivity contribution in [2.75, 3.05) is 6.54 Å². The first-order valence-corrected chi connectivity index (χ1v) is 14.8. The lowest BCUT2D eigenvalue weighted by molar-refractivity contribution is -0.136. The molecule has 202 valence electrons. The van der Waals surface area contributed by atoms with Gasteiger partial charge in [-0.05, 0) is 80.3 Å². The van der Waals surface area contributed by atoms with Crippen LogP contribution >= 0.6 is 27.5 Å². The van der Waals surface area contributed by atoms with Crippen LogP contribution in [0.15, 0.2) is 71.3 Å². The summed E-state index contributed by atoms with van der Waals surface area (Å²) >= 11 is 9.55. The average molecular weight is 599 g/mol. The molecule has 1 atom stereocenters. The molecule has 5 nitrogen and oxygen atoms in total. The Labute approximate surface area is 239 Å². The Bertz CT molecular complexity index is 1200. The lowest BCUT2D eigenvalue weighted by Crippen LogP contribution is -2.49. The normalized spacial score (nSPS) is 14.7. The first-order chi connectivity index (χ1) is 18.4. The van der Waals surface area contributed by atoms with Gasteiger partial charge < -0.3 is 14.4 Å². The standard InChI is InChI=1S/C31H37BrClN3O2/c1-3-23(2)35(31(38)25-13-17-27(33)18-14-25)22-30(37)36(28-8-5-4-6-9-28)21-29-10-7-19-34(29)20-24-11-15-26(32)16-12-24/h7,10-19,23,28H,3-6,8-9,20-22H2,1-2H3. The fourth-order valence-electron chi connectivity index (χ4n) is 5.16. The molecule has 1 aromatic heterocycles. The molecule has 0 spiro atoms. The van der Waals surface area contributed by atoms with Crippen molar-refractivity contribution in [2.45, 2.75) is 77.5 Å². The van der Waals surface area contributed by atoms with Crippen LogP contribution in [0.3, 0.4) is 0 Å². The van der Waals surface area contributed by atoms with Crippen molar-refractivity contribution in [3.63, 3.8) is 0 Å². The molecule has 0 aliphatic heterocycles. The van der Waals surface area contributed by atoms with Crippen LogP contribution in [0.2, 0.25) is 5.02 Å². The molecule has 4 rings (SSSR count). The van der Waals surface area contributed by atoms with Crippen molar-refractivity contribution < 1.29 is 9.59 Å². The Morgan fingerprint density at radius 3 is 2.37 bits per heavy atom. The largest absolute Gasteiger partial charge is 0.345 e. The Morgan fingerprint density at radius 1 is 1.03 bits per heavy atom. The SMILES string of the molecule is CCC(C)N(CC(=O)N(Cc1cccn1Cc1ccc(Br)cc1)C1CCCCC1)C(=O)c1ccc(Cl)cc1. The average Bonchev–Trinajstić information content (AvgIpc) is 3.38. The molecule has 0 saturated heterocycles. The Balaban J connectivity index is 1.56. The molecule has 1 aliphatic carbocycles. The molecular formula is C31H37BrClN3O2. The first-order valence-electron chi connectivity index (χ1n) is 13.6. The third kappa shape index (κ3) is 7.29. The first kappa shape index (κ1) is 28.4. The van der Waals surface area contributed by atoms with E-state index in [1.54, 1.807) is 29.2 Å². The molecule has 2 amide bonds. The minimum absolute atomic E-state index is 0.0101. The molecule has 1 aliphatic rings. The van der Waals surface area contributed by atoms with Gasteiger partial charge in [0.05, 0.1) is 6.54 Å². The van der Waals surface area contributed by atoms with Gasteiger partial charge in [0.1, 0.15) is 6.54 Å². The number of carbonyl (C=O) groups is 2. The van der Waals surface area contributed by atoms with Gasteiger partial charge in [0.2, 0.25) is 5.91 Å². The van der Waals surface area contributed by atoms with Crippen molar-refractivity contribution in [3.05, 3.63) is 93.2 Å². The Morgan fingerprint density at radius 2 is 1.71 bits per heavy atom. The monoisotopic (exact) mass is 597 g/mol. The van der Waals surface area contributed by atoms with Gasteiger partial charge >= 0.3 is 0 Å². The maximum Gasteiger partial charge on any atom is 0.254 e. The maximum atomic E-state index is 14.0. The van der Waals surface area contributed by atoms with Gasteiger partial charge in [-0.25, -0.2) is 0 Å². The van der Waals surface area contributed by atoms with Crippen molar-refractivity contribution in [1.29, 1.82) is 0 Å². The molecule has 2 aromatic carbocycles. The van der Waals surface area contributed by atoms with Gasteiger partial charge in [0, 0.05) is 45.6 Å². The summed E-state index contributed by atoms with van der Waals surface area (Å²) in [7, 11) is 0. The number of hydrogen-bond acceptors (Lipinski definition) is 2. The molecular weight excluding hydrogens is 562 g/mol. The van der Waals surface area contributed by atoms with Gasteiger partial charge in [0.15, 0.2) is 0 Å². The van der Waals surface area contributed by atoms with Crippen LogP contribution in [0.4, 0.5) is 0 Å². The van der Waals surface area contributed by atoms with Crippen LogP contribution < -0.4 is 0 Å².